The van der Waals surface area contributed by atoms with Gasteiger partial charge in [0.2, 0.25) is 0 Å². The van der Waals surface area contributed by atoms with Gasteiger partial charge in [-0.1, -0.05) is 152 Å². The molecule has 9 aromatic rings. The highest BCUT2D eigenvalue weighted by atomic mass is 16.3. The van der Waals surface area contributed by atoms with Gasteiger partial charge in [-0.3, -0.25) is 0 Å². The maximum Gasteiger partial charge on any atom is 0.164 e. The highest BCUT2D eigenvalue weighted by Gasteiger charge is 2.18. The maximum absolute atomic E-state index is 6.54. The van der Waals surface area contributed by atoms with Crippen LogP contribution in [0.2, 0.25) is 0 Å². The number of benzene rings is 7. The minimum atomic E-state index is 0.633. The van der Waals surface area contributed by atoms with E-state index < -0.39 is 0 Å². The second-order valence-electron chi connectivity index (χ2n) is 12.0. The van der Waals surface area contributed by atoms with Gasteiger partial charge in [0, 0.05) is 33.0 Å². The monoisotopic (exact) mass is 627 g/mol. The van der Waals surface area contributed by atoms with E-state index in [2.05, 4.69) is 97.1 Å². The van der Waals surface area contributed by atoms with Gasteiger partial charge in [-0.2, -0.15) is 0 Å². The number of fused-ring (bicyclic) bond motifs is 3. The summed E-state index contributed by atoms with van der Waals surface area (Å²) >= 11 is 0. The van der Waals surface area contributed by atoms with Crippen LogP contribution in [0.25, 0.3) is 89.5 Å². The first-order valence-electron chi connectivity index (χ1n) is 16.4. The molecule has 49 heavy (non-hydrogen) atoms. The Hall–Kier alpha value is -6.65. The highest BCUT2D eigenvalue weighted by molar-refractivity contribution is 6.16. The summed E-state index contributed by atoms with van der Waals surface area (Å²) in [5, 5.41) is 2.23. The molecule has 0 spiro atoms. The Morgan fingerprint density at radius 2 is 0.776 bits per heavy atom. The lowest BCUT2D eigenvalue weighted by atomic mass is 9.93. The van der Waals surface area contributed by atoms with Crippen molar-refractivity contribution >= 4 is 21.9 Å². The molecule has 0 radical (unpaired) electrons. The fourth-order valence-corrected chi connectivity index (χ4v) is 6.56. The van der Waals surface area contributed by atoms with Crippen molar-refractivity contribution in [3.05, 3.63) is 176 Å². The van der Waals surface area contributed by atoms with Crippen LogP contribution in [-0.2, 0) is 0 Å². The van der Waals surface area contributed by atoms with Gasteiger partial charge in [0.05, 0.1) is 0 Å². The summed E-state index contributed by atoms with van der Waals surface area (Å²) in [7, 11) is 0. The molecule has 0 fully saturated rings. The average Bonchev–Trinajstić information content (AvgIpc) is 3.58. The van der Waals surface area contributed by atoms with E-state index in [1.165, 1.54) is 0 Å². The fraction of sp³-hybridized carbons (Fsp3) is 0. The van der Waals surface area contributed by atoms with E-state index in [1.54, 1.807) is 0 Å². The van der Waals surface area contributed by atoms with Gasteiger partial charge in [-0.05, 0) is 52.1 Å². The van der Waals surface area contributed by atoms with Crippen LogP contribution in [0.3, 0.4) is 0 Å². The molecule has 0 aliphatic heterocycles. The zero-order valence-electron chi connectivity index (χ0n) is 26.5. The molecule has 4 nitrogen and oxygen atoms in total. The number of furan rings is 1. The van der Waals surface area contributed by atoms with Crippen molar-refractivity contribution in [1.82, 2.24) is 15.0 Å². The summed E-state index contributed by atoms with van der Waals surface area (Å²) in [6.45, 7) is 0. The smallest absolute Gasteiger partial charge is 0.164 e. The van der Waals surface area contributed by atoms with Crippen molar-refractivity contribution in [2.24, 2.45) is 0 Å². The highest BCUT2D eigenvalue weighted by Crippen LogP contribution is 2.42. The van der Waals surface area contributed by atoms with Gasteiger partial charge in [0.1, 0.15) is 11.2 Å². The van der Waals surface area contributed by atoms with E-state index in [0.29, 0.717) is 17.5 Å². The molecule has 0 aliphatic carbocycles. The minimum absolute atomic E-state index is 0.633. The van der Waals surface area contributed by atoms with Gasteiger partial charge in [-0.15, -0.1) is 0 Å². The van der Waals surface area contributed by atoms with Gasteiger partial charge in [0.15, 0.2) is 17.5 Å². The zero-order chi connectivity index (χ0) is 32.6. The molecule has 7 aromatic carbocycles. The largest absolute Gasteiger partial charge is 0.455 e. The van der Waals surface area contributed by atoms with E-state index in [0.717, 1.165) is 72.0 Å². The molecule has 0 amide bonds. The molecule has 0 aliphatic rings. The summed E-state index contributed by atoms with van der Waals surface area (Å²) < 4.78 is 6.54. The lowest BCUT2D eigenvalue weighted by Crippen LogP contribution is -2.00. The molecule has 0 atom stereocenters. The first-order chi connectivity index (χ1) is 24.3. The molecule has 2 heterocycles. The Morgan fingerprint density at radius 3 is 1.41 bits per heavy atom. The van der Waals surface area contributed by atoms with Gasteiger partial charge in [-0.25, -0.2) is 15.0 Å². The van der Waals surface area contributed by atoms with Gasteiger partial charge < -0.3 is 4.42 Å². The van der Waals surface area contributed by atoms with E-state index in [4.69, 9.17) is 19.4 Å². The third kappa shape index (κ3) is 5.35. The number of para-hydroxylation sites is 1. The Kier molecular flexibility index (Phi) is 7.10. The number of nitrogens with zero attached hydrogens (tertiary/aromatic N) is 3. The summed E-state index contributed by atoms with van der Waals surface area (Å²) in [6.07, 6.45) is 0. The standard InChI is InChI=1S/C45H29N3O/c1-4-14-30(15-5-1)38-27-26-37(41-39-24-10-11-25-40(39)49-42(38)41)35-22-12-20-33(28-35)34-21-13-23-36(29-34)45-47-43(31-16-6-2-7-17-31)46-44(48-45)32-18-8-3-9-19-32/h1-29H. The molecule has 0 unspecified atom stereocenters. The van der Waals surface area contributed by atoms with Crippen molar-refractivity contribution in [2.75, 3.05) is 0 Å². The molecule has 2 aromatic heterocycles. The summed E-state index contributed by atoms with van der Waals surface area (Å²) in [4.78, 5) is 14.8. The van der Waals surface area contributed by atoms with Crippen LogP contribution in [0.1, 0.15) is 0 Å². The van der Waals surface area contributed by atoms with Crippen LogP contribution in [0, 0.1) is 0 Å². The van der Waals surface area contributed by atoms with E-state index in [-0.39, 0.29) is 0 Å². The van der Waals surface area contributed by atoms with Crippen LogP contribution in [0.4, 0.5) is 0 Å². The predicted molar refractivity (Wildman–Crippen MR) is 200 cm³/mol. The molecular formula is C45H29N3O. The number of aromatic nitrogens is 3. The van der Waals surface area contributed by atoms with E-state index >= 15 is 0 Å². The lowest BCUT2D eigenvalue weighted by molar-refractivity contribution is 0.670. The first-order valence-corrected chi connectivity index (χ1v) is 16.4. The van der Waals surface area contributed by atoms with Crippen molar-refractivity contribution in [3.8, 4) is 67.5 Å². The van der Waals surface area contributed by atoms with Gasteiger partial charge >= 0.3 is 0 Å². The van der Waals surface area contributed by atoms with Crippen molar-refractivity contribution in [2.45, 2.75) is 0 Å². The third-order valence-corrected chi connectivity index (χ3v) is 8.94. The quantitative estimate of drug-likeness (QED) is 0.184. The van der Waals surface area contributed by atoms with Crippen molar-refractivity contribution in [1.29, 1.82) is 0 Å². The normalized spacial score (nSPS) is 11.3. The minimum Gasteiger partial charge on any atom is -0.455 e. The Morgan fingerprint density at radius 1 is 0.327 bits per heavy atom. The maximum atomic E-state index is 6.54. The lowest BCUT2D eigenvalue weighted by Gasteiger charge is -2.11. The van der Waals surface area contributed by atoms with Crippen LogP contribution >= 0.6 is 0 Å². The molecule has 0 saturated carbocycles. The van der Waals surface area contributed by atoms with Gasteiger partial charge in [0.25, 0.3) is 0 Å². The third-order valence-electron chi connectivity index (χ3n) is 8.94. The molecule has 230 valence electrons. The van der Waals surface area contributed by atoms with Crippen LogP contribution in [0.5, 0.6) is 0 Å². The van der Waals surface area contributed by atoms with Crippen LogP contribution < -0.4 is 0 Å². The SMILES string of the molecule is c1ccc(-c2nc(-c3ccccc3)nc(-c3cccc(-c4cccc(-c5ccc(-c6ccccc6)c6oc7ccccc7c56)c4)c3)n2)cc1. The molecule has 0 saturated heterocycles. The van der Waals surface area contributed by atoms with E-state index in [1.807, 2.05) is 78.9 Å². The molecule has 9 rings (SSSR count). The summed E-state index contributed by atoms with van der Waals surface area (Å²) in [6, 6.07) is 60.4. The molecule has 0 bridgehead atoms. The van der Waals surface area contributed by atoms with Crippen molar-refractivity contribution in [3.63, 3.8) is 0 Å². The molecular weight excluding hydrogens is 599 g/mol. The first kappa shape index (κ1) is 28.6. The predicted octanol–water partition coefficient (Wildman–Crippen LogP) is 11.8. The van der Waals surface area contributed by atoms with Crippen LogP contribution in [-0.4, -0.2) is 15.0 Å². The average molecular weight is 628 g/mol. The second-order valence-corrected chi connectivity index (χ2v) is 12.0. The van der Waals surface area contributed by atoms with Crippen molar-refractivity contribution < 1.29 is 4.42 Å². The number of hydrogen-bond acceptors (Lipinski definition) is 4. The topological polar surface area (TPSA) is 51.8 Å². The summed E-state index contributed by atoms with van der Waals surface area (Å²) in [5.74, 6) is 1.92. The number of hydrogen-bond donors (Lipinski definition) is 0. The Bertz CT molecular complexity index is 2540. The van der Waals surface area contributed by atoms with Crippen LogP contribution in [0.15, 0.2) is 180 Å². The van der Waals surface area contributed by atoms with E-state index in [9.17, 15) is 0 Å². The fourth-order valence-electron chi connectivity index (χ4n) is 6.56. The second kappa shape index (κ2) is 12.2. The zero-order valence-corrected chi connectivity index (χ0v) is 26.5. The number of rotatable bonds is 6. The Balaban J connectivity index is 1.16. The molecule has 0 N–H and O–H groups in total. The summed E-state index contributed by atoms with van der Waals surface area (Å²) in [5.41, 5.74) is 11.3. The molecule has 4 heteroatoms. The Labute approximate surface area is 284 Å².